The molecule has 2 radical (unpaired) electrons. The first kappa shape index (κ1) is 18.1. The van der Waals surface area contributed by atoms with Gasteiger partial charge in [-0.3, -0.25) is 0 Å². The van der Waals surface area contributed by atoms with Crippen LogP contribution >= 0.6 is 0 Å². The maximum absolute atomic E-state index is 11.8. The molecule has 1 aromatic rings. The van der Waals surface area contributed by atoms with Gasteiger partial charge in [0.25, 0.3) is 0 Å². The number of alkyl carbamates (subject to hydrolysis) is 1. The van der Waals surface area contributed by atoms with Gasteiger partial charge in [0.2, 0.25) is 0 Å². The van der Waals surface area contributed by atoms with Crippen LogP contribution in [0.4, 0.5) is 4.79 Å². The van der Waals surface area contributed by atoms with Crippen molar-refractivity contribution in [2.45, 2.75) is 38.5 Å². The zero-order chi connectivity index (χ0) is 16.4. The highest BCUT2D eigenvalue weighted by Gasteiger charge is 2.22. The average Bonchev–Trinajstić information content (AvgIpc) is 2.54. The van der Waals surface area contributed by atoms with E-state index in [4.69, 9.17) is 17.3 Å². The van der Waals surface area contributed by atoms with Gasteiger partial charge in [-0.2, -0.15) is 0 Å². The summed E-state index contributed by atoms with van der Waals surface area (Å²) in [6.07, 6.45) is 1.91. The number of amides is 1. The predicted molar refractivity (Wildman–Crippen MR) is 84.8 cm³/mol. The third kappa shape index (κ3) is 6.20. The third-order valence-electron chi connectivity index (χ3n) is 3.21. The minimum atomic E-state index is -0.775. The van der Waals surface area contributed by atoms with Crippen molar-refractivity contribution in [1.29, 1.82) is 0 Å². The molecule has 0 heterocycles. The smallest absolute Gasteiger partial charge is 0.407 e. The molecule has 6 heteroatoms. The van der Waals surface area contributed by atoms with E-state index in [1.165, 1.54) is 7.11 Å². The van der Waals surface area contributed by atoms with Crippen LogP contribution in [0.3, 0.4) is 0 Å². The number of nitrogens with one attached hydrogen (secondary N) is 1. The Morgan fingerprint density at radius 3 is 2.41 bits per heavy atom. The van der Waals surface area contributed by atoms with E-state index in [2.05, 4.69) is 5.32 Å². The summed E-state index contributed by atoms with van der Waals surface area (Å²) in [5.74, 6) is -0.504. The topological polar surface area (TPSA) is 64.6 Å². The number of esters is 1. The van der Waals surface area contributed by atoms with Gasteiger partial charge in [0.05, 0.1) is 21.6 Å². The molecule has 0 spiro atoms. The van der Waals surface area contributed by atoms with Crippen LogP contribution in [-0.2, 0) is 27.0 Å². The minimum Gasteiger partial charge on any atom is -0.467 e. The molecule has 1 rings (SSSR count). The first-order valence-corrected chi connectivity index (χ1v) is 7.39. The van der Waals surface area contributed by atoms with Crippen LogP contribution in [0.25, 0.3) is 0 Å². The highest BCUT2D eigenvalue weighted by molar-refractivity contribution is 6.08. The summed E-state index contributed by atoms with van der Waals surface area (Å²) >= 11 is 0. The van der Waals surface area contributed by atoms with Gasteiger partial charge >= 0.3 is 12.1 Å². The molecule has 1 amide bonds. The van der Waals surface area contributed by atoms with E-state index in [1.807, 2.05) is 31.2 Å². The van der Waals surface area contributed by atoms with Crippen LogP contribution in [0.5, 0.6) is 0 Å². The molecule has 0 unspecified atom stereocenters. The molecule has 0 aliphatic carbocycles. The lowest BCUT2D eigenvalue weighted by molar-refractivity contribution is -0.142. The molecule has 0 aromatic heterocycles. The molecular weight excluding hydrogens is 281 g/mol. The van der Waals surface area contributed by atoms with Gasteiger partial charge in [0.15, 0.2) is 0 Å². The normalized spacial score (nSPS) is 11.5. The predicted octanol–water partition coefficient (Wildman–Crippen LogP) is 1.97. The molecule has 1 aromatic carbocycles. The van der Waals surface area contributed by atoms with Crippen LogP contribution < -0.4 is 5.32 Å². The van der Waals surface area contributed by atoms with E-state index in [0.717, 1.165) is 24.0 Å². The second-order valence-corrected chi connectivity index (χ2v) is 4.93. The summed E-state index contributed by atoms with van der Waals surface area (Å²) < 4.78 is 9.73. The summed E-state index contributed by atoms with van der Waals surface area (Å²) in [6, 6.07) is 6.76. The van der Waals surface area contributed by atoms with Crippen molar-refractivity contribution >= 4 is 19.9 Å². The monoisotopic (exact) mass is 303 g/mol. The number of benzene rings is 1. The summed E-state index contributed by atoms with van der Waals surface area (Å²) in [5, 5.41) is 2.54. The lowest BCUT2D eigenvalue weighted by Crippen LogP contribution is -2.43. The van der Waals surface area contributed by atoms with Gasteiger partial charge in [-0.05, 0) is 12.0 Å². The van der Waals surface area contributed by atoms with Gasteiger partial charge in [-0.25, -0.2) is 9.59 Å². The number of rotatable bonds is 8. The van der Waals surface area contributed by atoms with Crippen LogP contribution in [0.2, 0.25) is 0 Å². The van der Waals surface area contributed by atoms with Gasteiger partial charge in [0, 0.05) is 6.42 Å². The zero-order valence-electron chi connectivity index (χ0n) is 13.1. The number of carbonyl (C=O) groups is 2. The molecule has 0 bridgehead atoms. The number of hydrogen-bond acceptors (Lipinski definition) is 4. The standard InChI is InChI=1S/C16H22BNO4/c1-3-4-9-22-16(20)18-14(15(19)21-2)10-12-5-7-13(11-17)8-6-12/h5-8,14H,3-4,9-11H2,1-2H3,(H,18,20)/t14-/m0/s1. The van der Waals surface area contributed by atoms with Crippen LogP contribution in [0.15, 0.2) is 24.3 Å². The Morgan fingerprint density at radius 1 is 1.23 bits per heavy atom. The lowest BCUT2D eigenvalue weighted by atomic mass is 9.95. The van der Waals surface area contributed by atoms with Crippen molar-refractivity contribution in [2.24, 2.45) is 0 Å². The zero-order valence-corrected chi connectivity index (χ0v) is 13.1. The van der Waals surface area contributed by atoms with Gasteiger partial charge in [0.1, 0.15) is 6.04 Å². The quantitative estimate of drug-likeness (QED) is 0.453. The fraction of sp³-hybridized carbons (Fsp3) is 0.500. The third-order valence-corrected chi connectivity index (χ3v) is 3.21. The van der Waals surface area contributed by atoms with E-state index in [1.54, 1.807) is 0 Å². The summed E-state index contributed by atoms with van der Waals surface area (Å²) in [6.45, 7) is 2.34. The molecule has 1 atom stereocenters. The summed E-state index contributed by atoms with van der Waals surface area (Å²) in [7, 11) is 6.84. The Morgan fingerprint density at radius 2 is 1.86 bits per heavy atom. The van der Waals surface area contributed by atoms with Crippen LogP contribution in [-0.4, -0.2) is 39.7 Å². The van der Waals surface area contributed by atoms with E-state index in [-0.39, 0.29) is 0 Å². The molecule has 118 valence electrons. The first-order valence-electron chi connectivity index (χ1n) is 7.39. The molecular formula is C16H22BNO4. The van der Waals surface area contributed by atoms with Crippen LogP contribution in [0, 0.1) is 0 Å². The number of unbranched alkanes of at least 4 members (excludes halogenated alkanes) is 1. The minimum absolute atomic E-state index is 0.334. The highest BCUT2D eigenvalue weighted by atomic mass is 16.6. The number of methoxy groups -OCH3 is 1. The molecule has 1 N–H and O–H groups in total. The van der Waals surface area contributed by atoms with E-state index >= 15 is 0 Å². The fourth-order valence-corrected chi connectivity index (χ4v) is 1.88. The Bertz CT molecular complexity index is 476. The average molecular weight is 303 g/mol. The fourth-order valence-electron chi connectivity index (χ4n) is 1.88. The molecule has 0 saturated heterocycles. The first-order chi connectivity index (χ1) is 10.6. The summed E-state index contributed by atoms with van der Waals surface area (Å²) in [4.78, 5) is 23.5. The van der Waals surface area contributed by atoms with Gasteiger partial charge < -0.3 is 14.8 Å². The number of ether oxygens (including phenoxy) is 2. The number of carbonyl (C=O) groups excluding carboxylic acids is 2. The Kier molecular flexibility index (Phi) is 8.11. The van der Waals surface area contributed by atoms with Crippen LogP contribution in [0.1, 0.15) is 30.9 Å². The van der Waals surface area contributed by atoms with Crippen molar-refractivity contribution in [3.05, 3.63) is 35.4 Å². The van der Waals surface area contributed by atoms with Crippen molar-refractivity contribution in [3.63, 3.8) is 0 Å². The number of hydrogen-bond donors (Lipinski definition) is 1. The molecule has 0 fully saturated rings. The van der Waals surface area contributed by atoms with E-state index < -0.39 is 18.1 Å². The van der Waals surface area contributed by atoms with Gasteiger partial charge in [-0.1, -0.05) is 49.5 Å². The van der Waals surface area contributed by atoms with Crippen molar-refractivity contribution in [1.82, 2.24) is 5.32 Å². The molecule has 0 aliphatic rings. The Hall–Kier alpha value is -1.98. The molecule has 0 aliphatic heterocycles. The van der Waals surface area contributed by atoms with Crippen molar-refractivity contribution < 1.29 is 19.1 Å². The van der Waals surface area contributed by atoms with Gasteiger partial charge in [-0.15, -0.1) is 0 Å². The Labute approximate surface area is 132 Å². The van der Waals surface area contributed by atoms with Crippen molar-refractivity contribution in [3.8, 4) is 0 Å². The maximum atomic E-state index is 11.8. The molecule has 5 nitrogen and oxygen atoms in total. The summed E-state index contributed by atoms with van der Waals surface area (Å²) in [5.41, 5.74) is 1.91. The SMILES string of the molecule is [B]Cc1ccc(C[C@H](NC(=O)OCCCC)C(=O)OC)cc1. The Balaban J connectivity index is 2.63. The van der Waals surface area contributed by atoms with E-state index in [0.29, 0.717) is 19.3 Å². The second-order valence-electron chi connectivity index (χ2n) is 4.93. The molecule has 0 saturated carbocycles. The maximum Gasteiger partial charge on any atom is 0.407 e. The highest BCUT2D eigenvalue weighted by Crippen LogP contribution is 2.08. The lowest BCUT2D eigenvalue weighted by Gasteiger charge is -2.16. The second kappa shape index (κ2) is 9.87. The molecule has 22 heavy (non-hydrogen) atoms. The van der Waals surface area contributed by atoms with E-state index in [9.17, 15) is 9.59 Å². The largest absolute Gasteiger partial charge is 0.467 e. The van der Waals surface area contributed by atoms with Crippen molar-refractivity contribution in [2.75, 3.05) is 13.7 Å².